The molecule has 1 aromatic carbocycles. The van der Waals surface area contributed by atoms with Crippen LogP contribution in [0.3, 0.4) is 0 Å². The Balaban J connectivity index is 1.20. The first kappa shape index (κ1) is 23.3. The molecule has 188 valence electrons. The molecule has 3 aromatic heterocycles. The van der Waals surface area contributed by atoms with E-state index in [4.69, 9.17) is 20.2 Å². The fraction of sp³-hybridized carbons (Fsp3) is 0.455. The van der Waals surface area contributed by atoms with Crippen molar-refractivity contribution in [3.63, 3.8) is 0 Å². The molecule has 1 saturated heterocycles. The zero-order valence-corrected chi connectivity index (χ0v) is 22.1. The summed E-state index contributed by atoms with van der Waals surface area (Å²) < 4.78 is 16.0. The molecule has 0 unspecified atom stereocenters. The fourth-order valence-corrected chi connectivity index (χ4v) is 6.16. The second-order valence-electron chi connectivity index (χ2n) is 8.73. The van der Waals surface area contributed by atoms with Gasteiger partial charge in [-0.25, -0.2) is 19.6 Å². The van der Waals surface area contributed by atoms with Crippen molar-refractivity contribution in [3.05, 3.63) is 22.9 Å². The number of fused-ring (bicyclic) bond motifs is 2. The van der Waals surface area contributed by atoms with E-state index in [2.05, 4.69) is 57.8 Å². The summed E-state index contributed by atoms with van der Waals surface area (Å²) in [5.74, 6) is 3.28. The van der Waals surface area contributed by atoms with Crippen molar-refractivity contribution < 1.29 is 9.47 Å². The van der Waals surface area contributed by atoms with Gasteiger partial charge in [0.15, 0.2) is 33.6 Å². The van der Waals surface area contributed by atoms with Crippen molar-refractivity contribution in [1.29, 1.82) is 0 Å². The lowest BCUT2D eigenvalue weighted by molar-refractivity contribution is 0.174. The highest BCUT2D eigenvalue weighted by Crippen LogP contribution is 2.43. The Morgan fingerprint density at radius 3 is 2.78 bits per heavy atom. The third-order valence-corrected chi connectivity index (χ3v) is 8.59. The van der Waals surface area contributed by atoms with E-state index in [0.29, 0.717) is 17.3 Å². The molecule has 0 amide bonds. The molecule has 0 bridgehead atoms. The number of halogens is 1. The van der Waals surface area contributed by atoms with Gasteiger partial charge in [0.05, 0.1) is 0 Å². The number of imidazole rings is 1. The van der Waals surface area contributed by atoms with Gasteiger partial charge in [-0.05, 0) is 70.6 Å². The predicted molar refractivity (Wildman–Crippen MR) is 137 cm³/mol. The van der Waals surface area contributed by atoms with Crippen LogP contribution < -0.4 is 20.1 Å². The Morgan fingerprint density at radius 2 is 1.97 bits per heavy atom. The summed E-state index contributed by atoms with van der Waals surface area (Å²) in [6.45, 7) is 5.71. The molecule has 0 spiro atoms. The second kappa shape index (κ2) is 9.73. The first-order valence-electron chi connectivity index (χ1n) is 11.9. The number of benzene rings is 1. The number of tetrazole rings is 1. The van der Waals surface area contributed by atoms with E-state index in [9.17, 15) is 0 Å². The molecular weight excluding hydrogens is 548 g/mol. The normalized spacial score (nSPS) is 15.8. The van der Waals surface area contributed by atoms with Gasteiger partial charge in [0, 0.05) is 35.5 Å². The summed E-state index contributed by atoms with van der Waals surface area (Å²) >= 11 is 5.20. The Labute approximate surface area is 219 Å². The Kier molecular flexibility index (Phi) is 6.29. The Hall–Kier alpha value is -3.13. The van der Waals surface area contributed by atoms with Crippen LogP contribution in [0.2, 0.25) is 0 Å². The van der Waals surface area contributed by atoms with Crippen LogP contribution in [0.4, 0.5) is 11.8 Å². The van der Waals surface area contributed by atoms with Gasteiger partial charge in [0.2, 0.25) is 12.7 Å². The van der Waals surface area contributed by atoms with Gasteiger partial charge in [0.1, 0.15) is 6.33 Å². The topological polar surface area (TPSA) is 135 Å². The van der Waals surface area contributed by atoms with E-state index in [1.165, 1.54) is 6.33 Å². The average molecular weight is 573 g/mol. The van der Waals surface area contributed by atoms with Crippen molar-refractivity contribution in [1.82, 2.24) is 39.7 Å². The van der Waals surface area contributed by atoms with Crippen LogP contribution in [-0.2, 0) is 13.1 Å². The molecule has 12 nitrogen and oxygen atoms in total. The summed E-state index contributed by atoms with van der Waals surface area (Å²) in [7, 11) is 0. The Bertz CT molecular complexity index is 1400. The molecule has 2 N–H and O–H groups in total. The fourth-order valence-electron chi connectivity index (χ4n) is 4.65. The maximum absolute atomic E-state index is 6.15. The minimum absolute atomic E-state index is 0.229. The van der Waals surface area contributed by atoms with Crippen molar-refractivity contribution in [2.45, 2.75) is 49.3 Å². The van der Waals surface area contributed by atoms with Gasteiger partial charge in [0.25, 0.3) is 0 Å². The predicted octanol–water partition coefficient (Wildman–Crippen LogP) is 3.36. The molecule has 2 aliphatic rings. The van der Waals surface area contributed by atoms with Crippen molar-refractivity contribution in [2.24, 2.45) is 5.92 Å². The van der Waals surface area contributed by atoms with Crippen molar-refractivity contribution in [2.75, 3.05) is 30.5 Å². The largest absolute Gasteiger partial charge is 0.454 e. The standard InChI is InChI=1S/C22H25BrN10O2S/c1-2-33-21(28-29-30-33)31-6-3-13(4-7-31)5-8-32-20-18(19(24)25-11-26-20)27-22(32)36-17-10-16-15(9-14(17)23)34-12-35-16/h9-11,13H,2-8,12H2,1H3,(H2,24,25,26). The van der Waals surface area contributed by atoms with Crippen LogP contribution in [0.5, 0.6) is 11.5 Å². The monoisotopic (exact) mass is 572 g/mol. The lowest BCUT2D eigenvalue weighted by Crippen LogP contribution is -2.36. The van der Waals surface area contributed by atoms with Crippen molar-refractivity contribution >= 4 is 50.6 Å². The number of hydrogen-bond donors (Lipinski definition) is 1. The first-order valence-corrected chi connectivity index (χ1v) is 13.5. The minimum atomic E-state index is 0.229. The zero-order valence-electron chi connectivity index (χ0n) is 19.7. The van der Waals surface area contributed by atoms with E-state index < -0.39 is 0 Å². The minimum Gasteiger partial charge on any atom is -0.454 e. The van der Waals surface area contributed by atoms with Gasteiger partial charge < -0.3 is 24.7 Å². The van der Waals surface area contributed by atoms with E-state index in [-0.39, 0.29) is 6.79 Å². The lowest BCUT2D eigenvalue weighted by Gasteiger charge is -2.32. The van der Waals surface area contributed by atoms with Crippen LogP contribution in [0, 0.1) is 5.92 Å². The van der Waals surface area contributed by atoms with E-state index in [1.54, 1.807) is 11.8 Å². The maximum atomic E-state index is 6.15. The Morgan fingerprint density at radius 1 is 1.17 bits per heavy atom. The average Bonchev–Trinajstić information content (AvgIpc) is 3.62. The van der Waals surface area contributed by atoms with Gasteiger partial charge in [-0.2, -0.15) is 0 Å². The van der Waals surface area contributed by atoms with E-state index >= 15 is 0 Å². The molecule has 5 heterocycles. The number of rotatable bonds is 7. The molecular formula is C22H25BrN10O2S. The molecule has 14 heteroatoms. The van der Waals surface area contributed by atoms with E-state index in [0.717, 1.165) is 83.1 Å². The summed E-state index contributed by atoms with van der Waals surface area (Å²) in [6.07, 6.45) is 4.67. The summed E-state index contributed by atoms with van der Waals surface area (Å²) in [5, 5.41) is 12.9. The molecule has 4 aromatic rings. The van der Waals surface area contributed by atoms with Gasteiger partial charge >= 0.3 is 0 Å². The van der Waals surface area contributed by atoms with Crippen LogP contribution in [0.25, 0.3) is 11.2 Å². The highest BCUT2D eigenvalue weighted by Gasteiger charge is 2.25. The number of hydrogen-bond acceptors (Lipinski definition) is 11. The molecule has 36 heavy (non-hydrogen) atoms. The molecule has 0 atom stereocenters. The van der Waals surface area contributed by atoms with Gasteiger partial charge in [-0.3, -0.25) is 0 Å². The lowest BCUT2D eigenvalue weighted by atomic mass is 9.93. The molecule has 0 aliphatic carbocycles. The highest BCUT2D eigenvalue weighted by molar-refractivity contribution is 9.10. The molecule has 6 rings (SSSR count). The van der Waals surface area contributed by atoms with Crippen LogP contribution >= 0.6 is 27.7 Å². The zero-order chi connectivity index (χ0) is 24.6. The maximum Gasteiger partial charge on any atom is 0.245 e. The van der Waals surface area contributed by atoms with Crippen LogP contribution in [-0.4, -0.2) is 59.6 Å². The number of aryl methyl sites for hydroxylation is 2. The smallest absolute Gasteiger partial charge is 0.245 e. The third kappa shape index (κ3) is 4.32. The number of ether oxygens (including phenoxy) is 2. The third-order valence-electron chi connectivity index (χ3n) is 6.62. The van der Waals surface area contributed by atoms with Crippen LogP contribution in [0.15, 0.2) is 33.0 Å². The number of nitrogens with two attached hydrogens (primary N) is 1. The number of aromatic nitrogens is 8. The number of nitrogen functional groups attached to an aromatic ring is 1. The SMILES string of the molecule is CCn1nnnc1N1CCC(CCn2c(Sc3cc4c(cc3Br)OCO4)nc3c(N)ncnc32)CC1. The summed E-state index contributed by atoms with van der Waals surface area (Å²) in [5.41, 5.74) is 7.53. The molecule has 0 saturated carbocycles. The van der Waals surface area contributed by atoms with E-state index in [1.807, 2.05) is 16.8 Å². The number of piperidine rings is 1. The van der Waals surface area contributed by atoms with Crippen LogP contribution in [0.1, 0.15) is 26.2 Å². The van der Waals surface area contributed by atoms with Gasteiger partial charge in [-0.1, -0.05) is 16.9 Å². The summed E-state index contributed by atoms with van der Waals surface area (Å²) in [4.78, 5) is 16.7. The molecule has 0 radical (unpaired) electrons. The second-order valence-corrected chi connectivity index (χ2v) is 10.6. The first-order chi connectivity index (χ1) is 17.6. The highest BCUT2D eigenvalue weighted by atomic mass is 79.9. The number of anilines is 2. The molecule has 1 fully saturated rings. The van der Waals surface area contributed by atoms with Crippen molar-refractivity contribution in [3.8, 4) is 11.5 Å². The van der Waals surface area contributed by atoms with Gasteiger partial charge in [-0.15, -0.1) is 0 Å². The number of nitrogens with zero attached hydrogens (tertiary/aromatic N) is 9. The summed E-state index contributed by atoms with van der Waals surface area (Å²) in [6, 6.07) is 3.89. The molecule has 2 aliphatic heterocycles. The quantitative estimate of drug-likeness (QED) is 0.349.